The Balaban J connectivity index is 3.21. The molecular formula is C17H27BrN2O4. The molecule has 1 rings (SSSR count). The van der Waals surface area contributed by atoms with Gasteiger partial charge in [-0.15, -0.1) is 0 Å². The van der Waals surface area contributed by atoms with E-state index in [1.807, 2.05) is 12.1 Å². The van der Waals surface area contributed by atoms with Crippen molar-refractivity contribution in [3.63, 3.8) is 0 Å². The van der Waals surface area contributed by atoms with Gasteiger partial charge in [0, 0.05) is 23.6 Å². The summed E-state index contributed by atoms with van der Waals surface area (Å²) in [5, 5.41) is 34.0. The third kappa shape index (κ3) is 5.26. The lowest BCUT2D eigenvalue weighted by Gasteiger charge is -2.30. The van der Waals surface area contributed by atoms with Crippen molar-refractivity contribution < 1.29 is 20.1 Å². The first-order valence-corrected chi connectivity index (χ1v) is 8.56. The summed E-state index contributed by atoms with van der Waals surface area (Å²) in [4.78, 5) is 11.5. The van der Waals surface area contributed by atoms with Crippen LogP contribution in [-0.4, -0.2) is 46.6 Å². The van der Waals surface area contributed by atoms with Gasteiger partial charge in [-0.1, -0.05) is 36.7 Å². The van der Waals surface area contributed by atoms with Gasteiger partial charge in [0.15, 0.2) is 0 Å². The maximum absolute atomic E-state index is 11.5. The van der Waals surface area contributed by atoms with E-state index in [-0.39, 0.29) is 17.9 Å². The molecule has 1 aromatic rings. The van der Waals surface area contributed by atoms with E-state index in [4.69, 9.17) is 0 Å². The van der Waals surface area contributed by atoms with Crippen molar-refractivity contribution in [2.24, 2.45) is 0 Å². The van der Waals surface area contributed by atoms with E-state index in [9.17, 15) is 20.1 Å². The third-order valence-electron chi connectivity index (χ3n) is 3.87. The van der Waals surface area contributed by atoms with Gasteiger partial charge in [-0.05, 0) is 28.7 Å². The van der Waals surface area contributed by atoms with Crippen LogP contribution >= 0.6 is 15.9 Å². The van der Waals surface area contributed by atoms with Crippen LogP contribution in [0.2, 0.25) is 0 Å². The fourth-order valence-corrected chi connectivity index (χ4v) is 3.23. The second-order valence-electron chi connectivity index (χ2n) is 7.03. The van der Waals surface area contributed by atoms with Crippen molar-refractivity contribution in [1.82, 2.24) is 5.32 Å². The Morgan fingerprint density at radius 2 is 1.67 bits per heavy atom. The van der Waals surface area contributed by atoms with Crippen LogP contribution in [0.1, 0.15) is 38.8 Å². The summed E-state index contributed by atoms with van der Waals surface area (Å²) < 4.78 is 0.906. The van der Waals surface area contributed by atoms with Crippen LogP contribution in [0.4, 0.5) is 5.69 Å². The predicted octanol–water partition coefficient (Wildman–Crippen LogP) is 1.51. The smallest absolute Gasteiger partial charge is 0.221 e. The topological polar surface area (TPSA) is 102 Å². The Kier molecular flexibility index (Phi) is 7.37. The molecule has 1 amide bonds. The number of hydrogen-bond acceptors (Lipinski definition) is 5. The molecule has 0 saturated carbocycles. The minimum Gasteiger partial charge on any atom is -0.394 e. The largest absolute Gasteiger partial charge is 0.394 e. The van der Waals surface area contributed by atoms with Crippen molar-refractivity contribution >= 4 is 27.5 Å². The number of benzene rings is 1. The molecule has 0 aliphatic rings. The number of aliphatic hydroxyl groups is 3. The van der Waals surface area contributed by atoms with Crippen molar-refractivity contribution in [3.05, 3.63) is 27.7 Å². The van der Waals surface area contributed by atoms with Crippen molar-refractivity contribution in [2.75, 3.05) is 25.1 Å². The molecule has 5 N–H and O–H groups in total. The lowest BCUT2D eigenvalue weighted by molar-refractivity contribution is -0.114. The fraction of sp³-hybridized carbons (Fsp3) is 0.588. The summed E-state index contributed by atoms with van der Waals surface area (Å²) in [5.41, 5.74) is 1.20. The molecule has 0 aromatic heterocycles. The number of carbonyl (C=O) groups is 1. The van der Waals surface area contributed by atoms with Gasteiger partial charge in [0.2, 0.25) is 5.91 Å². The van der Waals surface area contributed by atoms with E-state index in [0.29, 0.717) is 5.69 Å². The third-order valence-corrected chi connectivity index (χ3v) is 4.53. The number of rotatable bonds is 7. The molecule has 0 spiro atoms. The molecule has 7 heteroatoms. The average Bonchev–Trinajstić information content (AvgIpc) is 2.49. The SMILES string of the molecule is CC(=O)Nc1cc(C(C)(C)C)c(Br)cc1CNC(CO)(CO)CO. The lowest BCUT2D eigenvalue weighted by atomic mass is 9.86. The monoisotopic (exact) mass is 402 g/mol. The molecular weight excluding hydrogens is 376 g/mol. The zero-order valence-corrected chi connectivity index (χ0v) is 16.2. The molecule has 0 radical (unpaired) electrons. The molecule has 0 bridgehead atoms. The summed E-state index contributed by atoms with van der Waals surface area (Å²) in [6.07, 6.45) is 0. The van der Waals surface area contributed by atoms with Crippen LogP contribution < -0.4 is 10.6 Å². The summed E-state index contributed by atoms with van der Waals surface area (Å²) >= 11 is 3.57. The van der Waals surface area contributed by atoms with E-state index >= 15 is 0 Å². The number of amides is 1. The molecule has 0 heterocycles. The van der Waals surface area contributed by atoms with Crippen LogP contribution in [0.3, 0.4) is 0 Å². The molecule has 0 aliphatic heterocycles. The van der Waals surface area contributed by atoms with Crippen molar-refractivity contribution in [1.29, 1.82) is 0 Å². The Morgan fingerprint density at radius 1 is 1.12 bits per heavy atom. The molecule has 0 aliphatic carbocycles. The van der Waals surface area contributed by atoms with E-state index in [1.54, 1.807) is 0 Å². The van der Waals surface area contributed by atoms with Crippen LogP contribution in [0.25, 0.3) is 0 Å². The summed E-state index contributed by atoms with van der Waals surface area (Å²) in [5.74, 6) is -0.184. The van der Waals surface area contributed by atoms with E-state index in [0.717, 1.165) is 15.6 Å². The Hall–Kier alpha value is -0.990. The molecule has 6 nitrogen and oxygen atoms in total. The zero-order chi connectivity index (χ0) is 18.5. The summed E-state index contributed by atoms with van der Waals surface area (Å²) in [6, 6.07) is 3.82. The first-order chi connectivity index (χ1) is 11.1. The number of hydrogen-bond donors (Lipinski definition) is 5. The van der Waals surface area contributed by atoms with Gasteiger partial charge in [0.25, 0.3) is 0 Å². The van der Waals surface area contributed by atoms with Gasteiger partial charge < -0.3 is 26.0 Å². The highest BCUT2D eigenvalue weighted by atomic mass is 79.9. The van der Waals surface area contributed by atoms with Gasteiger partial charge in [0.1, 0.15) is 0 Å². The number of anilines is 1. The molecule has 136 valence electrons. The first-order valence-electron chi connectivity index (χ1n) is 7.76. The zero-order valence-electron chi connectivity index (χ0n) is 14.6. The van der Waals surface area contributed by atoms with E-state index in [2.05, 4.69) is 47.3 Å². The number of nitrogens with one attached hydrogen (secondary N) is 2. The van der Waals surface area contributed by atoms with Gasteiger partial charge in [0.05, 0.1) is 25.4 Å². The Bertz CT molecular complexity index is 572. The quantitative estimate of drug-likeness (QED) is 0.475. The van der Waals surface area contributed by atoms with Gasteiger partial charge in [-0.2, -0.15) is 0 Å². The number of halogens is 1. The first kappa shape index (κ1) is 21.1. The summed E-state index contributed by atoms with van der Waals surface area (Å²) in [6.45, 7) is 6.73. The second kappa shape index (κ2) is 8.40. The van der Waals surface area contributed by atoms with Crippen LogP contribution in [0.5, 0.6) is 0 Å². The van der Waals surface area contributed by atoms with Gasteiger partial charge >= 0.3 is 0 Å². The molecule has 0 unspecified atom stereocenters. The highest BCUT2D eigenvalue weighted by Gasteiger charge is 2.28. The molecule has 0 saturated heterocycles. The minimum absolute atomic E-state index is 0.108. The summed E-state index contributed by atoms with van der Waals surface area (Å²) in [7, 11) is 0. The van der Waals surface area contributed by atoms with Crippen molar-refractivity contribution in [3.8, 4) is 0 Å². The van der Waals surface area contributed by atoms with Gasteiger partial charge in [-0.25, -0.2) is 0 Å². The van der Waals surface area contributed by atoms with Crippen LogP contribution in [0, 0.1) is 0 Å². The maximum atomic E-state index is 11.5. The normalized spacial score (nSPS) is 12.3. The number of aliphatic hydroxyl groups excluding tert-OH is 3. The average molecular weight is 403 g/mol. The van der Waals surface area contributed by atoms with Crippen LogP contribution in [-0.2, 0) is 16.8 Å². The van der Waals surface area contributed by atoms with Crippen molar-refractivity contribution in [2.45, 2.75) is 45.2 Å². The van der Waals surface area contributed by atoms with Crippen LogP contribution in [0.15, 0.2) is 16.6 Å². The molecule has 0 fully saturated rings. The maximum Gasteiger partial charge on any atom is 0.221 e. The molecule has 0 atom stereocenters. The van der Waals surface area contributed by atoms with E-state index in [1.165, 1.54) is 6.92 Å². The highest BCUT2D eigenvalue weighted by molar-refractivity contribution is 9.10. The second-order valence-corrected chi connectivity index (χ2v) is 7.88. The molecule has 24 heavy (non-hydrogen) atoms. The molecule has 1 aromatic carbocycles. The number of carbonyl (C=O) groups excluding carboxylic acids is 1. The standard InChI is InChI=1S/C17H27BrN2O4/c1-11(24)20-15-6-13(16(2,3)4)14(18)5-12(15)7-19-17(8-21,9-22)10-23/h5-6,19,21-23H,7-10H2,1-4H3,(H,20,24). The Labute approximate surface area is 151 Å². The van der Waals surface area contributed by atoms with E-state index < -0.39 is 25.4 Å². The Morgan fingerprint density at radius 3 is 2.08 bits per heavy atom. The minimum atomic E-state index is -1.18. The fourth-order valence-electron chi connectivity index (χ4n) is 2.24. The van der Waals surface area contributed by atoms with Gasteiger partial charge in [-0.3, -0.25) is 4.79 Å². The highest BCUT2D eigenvalue weighted by Crippen LogP contribution is 2.34. The lowest BCUT2D eigenvalue weighted by Crippen LogP contribution is -2.54. The predicted molar refractivity (Wildman–Crippen MR) is 98.0 cm³/mol.